The van der Waals surface area contributed by atoms with Crippen LogP contribution in [0.3, 0.4) is 0 Å². The van der Waals surface area contributed by atoms with Gasteiger partial charge in [-0.2, -0.15) is 5.10 Å². The second-order valence-corrected chi connectivity index (χ2v) is 10.6. The van der Waals surface area contributed by atoms with E-state index in [2.05, 4.69) is 44.4 Å². The van der Waals surface area contributed by atoms with Gasteiger partial charge in [-0.3, -0.25) is 19.6 Å². The van der Waals surface area contributed by atoms with E-state index in [9.17, 15) is 9.59 Å². The van der Waals surface area contributed by atoms with Crippen LogP contribution < -0.4 is 10.6 Å². The highest BCUT2D eigenvalue weighted by molar-refractivity contribution is 7.21. The molecule has 0 radical (unpaired) electrons. The first kappa shape index (κ1) is 23.1. The smallest absolute Gasteiger partial charge is 0.260 e. The van der Waals surface area contributed by atoms with Gasteiger partial charge in [0.25, 0.3) is 11.8 Å². The van der Waals surface area contributed by atoms with Gasteiger partial charge in [0.2, 0.25) is 0 Å². The summed E-state index contributed by atoms with van der Waals surface area (Å²) in [5.74, 6) is -0.512. The van der Waals surface area contributed by atoms with Crippen molar-refractivity contribution in [1.29, 1.82) is 0 Å². The van der Waals surface area contributed by atoms with Gasteiger partial charge in [-0.05, 0) is 24.5 Å². The zero-order chi connectivity index (χ0) is 24.6. The zero-order valence-electron chi connectivity index (χ0n) is 19.9. The normalized spacial score (nSPS) is 15.1. The number of hydrogen-bond acceptors (Lipinski definition) is 7. The van der Waals surface area contributed by atoms with Gasteiger partial charge < -0.3 is 15.5 Å². The highest BCUT2D eigenvalue weighted by Gasteiger charge is 2.33. The summed E-state index contributed by atoms with van der Waals surface area (Å²) in [5.41, 5.74) is 3.31. The second-order valence-electron chi connectivity index (χ2n) is 9.59. The summed E-state index contributed by atoms with van der Waals surface area (Å²) in [5, 5.41) is 10.2. The van der Waals surface area contributed by atoms with E-state index >= 15 is 0 Å². The molecule has 1 aliphatic rings. The minimum Gasteiger partial charge on any atom is -0.351 e. The first-order chi connectivity index (χ1) is 16.8. The Morgan fingerprint density at radius 1 is 1.17 bits per heavy atom. The molecular weight excluding hydrogens is 462 g/mol. The first-order valence-corrected chi connectivity index (χ1v) is 12.3. The Kier molecular flexibility index (Phi) is 6.08. The van der Waals surface area contributed by atoms with Crippen LogP contribution in [0.5, 0.6) is 0 Å². The molecule has 9 nitrogen and oxygen atoms in total. The largest absolute Gasteiger partial charge is 0.351 e. The Hall–Kier alpha value is -3.63. The van der Waals surface area contributed by atoms with E-state index in [0.717, 1.165) is 34.9 Å². The summed E-state index contributed by atoms with van der Waals surface area (Å²) < 4.78 is 1.69. The first-order valence-electron chi connectivity index (χ1n) is 11.5. The number of likely N-dealkylation sites (tertiary alicyclic amines) is 1. The predicted molar refractivity (Wildman–Crippen MR) is 136 cm³/mol. The Morgan fingerprint density at radius 3 is 2.74 bits per heavy atom. The number of hydrogen-bond donors (Lipinski definition) is 2. The van der Waals surface area contributed by atoms with E-state index in [0.29, 0.717) is 34.5 Å². The van der Waals surface area contributed by atoms with Gasteiger partial charge in [0, 0.05) is 56.5 Å². The average molecular weight is 490 g/mol. The number of carbonyl (C=O) groups excluding carboxylic acids is 2. The predicted octanol–water partition coefficient (Wildman–Crippen LogP) is 3.49. The number of anilines is 1. The number of nitrogens with one attached hydrogen (secondary N) is 2. The maximum atomic E-state index is 13.1. The Labute approximate surface area is 207 Å². The number of thiazole rings is 1. The molecule has 0 aromatic carbocycles. The molecule has 0 aliphatic carbocycles. The molecule has 0 bridgehead atoms. The molecule has 35 heavy (non-hydrogen) atoms. The van der Waals surface area contributed by atoms with Crippen LogP contribution in [-0.4, -0.2) is 62.5 Å². The van der Waals surface area contributed by atoms with Gasteiger partial charge in [-0.25, -0.2) is 4.52 Å². The third kappa shape index (κ3) is 4.94. The number of fused-ring (bicyclic) bond motifs is 1. The molecule has 1 saturated heterocycles. The number of carbonyl (C=O) groups is 2. The number of aryl methyl sites for hydroxylation is 1. The molecule has 180 valence electrons. The Balaban J connectivity index is 1.26. The van der Waals surface area contributed by atoms with Crippen molar-refractivity contribution in [1.82, 2.24) is 29.8 Å². The van der Waals surface area contributed by atoms with Crippen LogP contribution in [0.4, 0.5) is 5.69 Å². The zero-order valence-corrected chi connectivity index (χ0v) is 20.7. The fourth-order valence-corrected chi connectivity index (χ4v) is 5.36. The molecule has 2 amide bonds. The van der Waals surface area contributed by atoms with Crippen LogP contribution in [0.25, 0.3) is 15.3 Å². The van der Waals surface area contributed by atoms with Crippen LogP contribution >= 0.6 is 11.3 Å². The summed E-state index contributed by atoms with van der Waals surface area (Å²) in [4.78, 5) is 38.2. The number of rotatable bonds is 7. The molecule has 1 fully saturated rings. The fourth-order valence-electron chi connectivity index (χ4n) is 4.31. The van der Waals surface area contributed by atoms with E-state index in [1.807, 2.05) is 18.3 Å². The van der Waals surface area contributed by atoms with Crippen molar-refractivity contribution in [3.8, 4) is 10.4 Å². The van der Waals surface area contributed by atoms with E-state index in [1.54, 1.807) is 36.1 Å². The van der Waals surface area contributed by atoms with Gasteiger partial charge in [0.05, 0.1) is 33.6 Å². The summed E-state index contributed by atoms with van der Waals surface area (Å²) in [6.07, 6.45) is 8.46. The summed E-state index contributed by atoms with van der Waals surface area (Å²) in [7, 11) is 0. The van der Waals surface area contributed by atoms with Crippen molar-refractivity contribution in [2.75, 3.05) is 31.5 Å². The van der Waals surface area contributed by atoms with E-state index in [-0.39, 0.29) is 11.8 Å². The molecule has 0 saturated carbocycles. The number of nitrogens with zero attached hydrogens (tertiary/aromatic N) is 5. The molecule has 4 aromatic rings. The SMILES string of the molecule is Cc1ncc(C(=O)NCCN2CC(C)(C)C2)cc1NC(=O)c1cnn2cc(-c3cccnc3)sc12. The molecule has 0 atom stereocenters. The van der Waals surface area contributed by atoms with Crippen LogP contribution in [0.2, 0.25) is 0 Å². The van der Waals surface area contributed by atoms with Crippen LogP contribution in [0.15, 0.2) is 49.2 Å². The molecule has 0 spiro atoms. The average Bonchev–Trinajstić information content (AvgIpc) is 3.41. The van der Waals surface area contributed by atoms with Crippen molar-refractivity contribution >= 4 is 33.7 Å². The third-order valence-corrected chi connectivity index (χ3v) is 7.16. The number of amides is 2. The number of pyridine rings is 2. The molecular formula is C25H27N7O2S. The van der Waals surface area contributed by atoms with Gasteiger partial charge in [0.1, 0.15) is 4.83 Å². The number of aromatic nitrogens is 4. The summed E-state index contributed by atoms with van der Waals surface area (Å²) >= 11 is 1.47. The minimum absolute atomic E-state index is 0.208. The lowest BCUT2D eigenvalue weighted by Gasteiger charge is -2.45. The van der Waals surface area contributed by atoms with Crippen molar-refractivity contribution in [2.24, 2.45) is 5.41 Å². The molecule has 0 unspecified atom stereocenters. The van der Waals surface area contributed by atoms with Gasteiger partial charge in [-0.1, -0.05) is 19.9 Å². The van der Waals surface area contributed by atoms with Crippen molar-refractivity contribution in [3.63, 3.8) is 0 Å². The van der Waals surface area contributed by atoms with E-state index in [4.69, 9.17) is 0 Å². The van der Waals surface area contributed by atoms with Gasteiger partial charge in [0.15, 0.2) is 0 Å². The van der Waals surface area contributed by atoms with E-state index < -0.39 is 0 Å². The van der Waals surface area contributed by atoms with Gasteiger partial charge in [-0.15, -0.1) is 11.3 Å². The molecule has 2 N–H and O–H groups in total. The topological polar surface area (TPSA) is 105 Å². The minimum atomic E-state index is -0.303. The lowest BCUT2D eigenvalue weighted by molar-refractivity contribution is 0.0323. The fraction of sp³-hybridized carbons (Fsp3) is 0.320. The molecule has 5 rings (SSSR count). The highest BCUT2D eigenvalue weighted by atomic mass is 32.1. The van der Waals surface area contributed by atoms with E-state index in [1.165, 1.54) is 17.5 Å². The van der Waals surface area contributed by atoms with Crippen molar-refractivity contribution in [3.05, 3.63) is 66.0 Å². The summed E-state index contributed by atoms with van der Waals surface area (Å²) in [6.45, 7) is 9.74. The van der Waals surface area contributed by atoms with Crippen LogP contribution in [-0.2, 0) is 0 Å². The van der Waals surface area contributed by atoms with Crippen LogP contribution in [0.1, 0.15) is 40.3 Å². The lowest BCUT2D eigenvalue weighted by Crippen LogP contribution is -2.54. The highest BCUT2D eigenvalue weighted by Crippen LogP contribution is 2.30. The molecule has 5 heterocycles. The van der Waals surface area contributed by atoms with Crippen LogP contribution in [0, 0.1) is 12.3 Å². The third-order valence-electron chi connectivity index (χ3n) is 6.00. The lowest BCUT2D eigenvalue weighted by atomic mass is 9.84. The molecule has 4 aromatic heterocycles. The monoisotopic (exact) mass is 489 g/mol. The maximum Gasteiger partial charge on any atom is 0.260 e. The maximum absolute atomic E-state index is 13.1. The molecule has 10 heteroatoms. The Morgan fingerprint density at radius 2 is 2.00 bits per heavy atom. The molecule has 1 aliphatic heterocycles. The standard InChI is InChI=1S/C25H27N7O2S/c1-16-20(9-18(11-28-16)22(33)27-7-8-31-14-25(2,3)15-31)30-23(34)19-12-29-32-13-21(35-24(19)32)17-5-4-6-26-10-17/h4-6,9-13H,7-8,14-15H2,1-3H3,(H,27,33)(H,30,34). The van der Waals surface area contributed by atoms with Gasteiger partial charge >= 0.3 is 0 Å². The second kappa shape index (κ2) is 9.20. The summed E-state index contributed by atoms with van der Waals surface area (Å²) in [6, 6.07) is 5.50. The van der Waals surface area contributed by atoms with Crippen molar-refractivity contribution < 1.29 is 9.59 Å². The van der Waals surface area contributed by atoms with Crippen molar-refractivity contribution in [2.45, 2.75) is 20.8 Å². The quantitative estimate of drug-likeness (QED) is 0.412. The Bertz CT molecular complexity index is 1390.